The smallest absolute Gasteiger partial charge is 0.337 e. The van der Waals surface area contributed by atoms with Gasteiger partial charge in [0.15, 0.2) is 0 Å². The lowest BCUT2D eigenvalue weighted by atomic mass is 10.1. The van der Waals surface area contributed by atoms with Crippen LogP contribution in [0.15, 0.2) is 22.7 Å². The van der Waals surface area contributed by atoms with Crippen LogP contribution in [0.25, 0.3) is 0 Å². The van der Waals surface area contributed by atoms with Gasteiger partial charge in [-0.1, -0.05) is 15.9 Å². The maximum atomic E-state index is 12.1. The Bertz CT molecular complexity index is 519. The predicted molar refractivity (Wildman–Crippen MR) is 75.3 cm³/mol. The molecule has 2 rings (SSSR count). The van der Waals surface area contributed by atoms with Gasteiger partial charge in [-0.15, -0.1) is 0 Å². The Morgan fingerprint density at radius 2 is 2.21 bits per heavy atom. The summed E-state index contributed by atoms with van der Waals surface area (Å²) >= 11 is 3.22. The van der Waals surface area contributed by atoms with Crippen LogP contribution in [0.2, 0.25) is 0 Å². The van der Waals surface area contributed by atoms with Crippen LogP contribution in [-0.4, -0.2) is 42.0 Å². The predicted octanol–water partition coefficient (Wildman–Crippen LogP) is 2.04. The molecule has 5 nitrogen and oxygen atoms in total. The topological polar surface area (TPSA) is 69.6 Å². The van der Waals surface area contributed by atoms with Gasteiger partial charge in [0.2, 0.25) is 5.91 Å². The fourth-order valence-electron chi connectivity index (χ4n) is 2.19. The number of carboxylic acids is 1. The molecular formula is C13H15BrN2O3. The van der Waals surface area contributed by atoms with Crippen molar-refractivity contribution in [2.45, 2.75) is 6.42 Å². The van der Waals surface area contributed by atoms with Crippen LogP contribution in [0.3, 0.4) is 0 Å². The SMILES string of the molecule is CN1CCC(C(=O)Nc2ccc(Br)cc2C(=O)O)C1. The van der Waals surface area contributed by atoms with Crippen molar-refractivity contribution in [3.63, 3.8) is 0 Å². The Labute approximate surface area is 119 Å². The summed E-state index contributed by atoms with van der Waals surface area (Å²) in [7, 11) is 1.97. The van der Waals surface area contributed by atoms with Gasteiger partial charge in [-0.2, -0.15) is 0 Å². The zero-order valence-corrected chi connectivity index (χ0v) is 12.1. The molecular weight excluding hydrogens is 312 g/mol. The highest BCUT2D eigenvalue weighted by molar-refractivity contribution is 9.10. The minimum absolute atomic E-state index is 0.0738. The minimum atomic E-state index is -1.06. The van der Waals surface area contributed by atoms with Crippen LogP contribution in [-0.2, 0) is 4.79 Å². The third-order valence-electron chi connectivity index (χ3n) is 3.23. The second-order valence-electron chi connectivity index (χ2n) is 4.73. The number of halogens is 1. The normalized spacial score (nSPS) is 19.4. The molecule has 1 aromatic carbocycles. The summed E-state index contributed by atoms with van der Waals surface area (Å²) in [6.45, 7) is 1.61. The van der Waals surface area contributed by atoms with E-state index in [1.807, 2.05) is 7.05 Å². The summed E-state index contributed by atoms with van der Waals surface area (Å²) in [6, 6.07) is 4.80. The number of benzene rings is 1. The van der Waals surface area contributed by atoms with E-state index in [0.29, 0.717) is 16.7 Å². The molecule has 0 spiro atoms. The average molecular weight is 327 g/mol. The number of rotatable bonds is 3. The van der Waals surface area contributed by atoms with E-state index < -0.39 is 5.97 Å². The second-order valence-corrected chi connectivity index (χ2v) is 5.65. The fourth-order valence-corrected chi connectivity index (χ4v) is 2.55. The molecule has 19 heavy (non-hydrogen) atoms. The molecule has 0 aromatic heterocycles. The van der Waals surface area contributed by atoms with E-state index in [4.69, 9.17) is 5.11 Å². The molecule has 1 aliphatic rings. The summed E-state index contributed by atoms with van der Waals surface area (Å²) in [5, 5.41) is 11.8. The van der Waals surface area contributed by atoms with E-state index >= 15 is 0 Å². The average Bonchev–Trinajstić information content (AvgIpc) is 2.78. The number of carbonyl (C=O) groups is 2. The first-order valence-corrected chi connectivity index (χ1v) is 6.79. The number of hydrogen-bond donors (Lipinski definition) is 2. The molecule has 0 aliphatic carbocycles. The van der Waals surface area contributed by atoms with Gasteiger partial charge in [-0.05, 0) is 38.2 Å². The molecule has 0 saturated carbocycles. The van der Waals surface area contributed by atoms with E-state index in [-0.39, 0.29) is 17.4 Å². The van der Waals surface area contributed by atoms with Crippen LogP contribution in [0.1, 0.15) is 16.8 Å². The Morgan fingerprint density at radius 1 is 1.47 bits per heavy atom. The Morgan fingerprint density at radius 3 is 2.79 bits per heavy atom. The maximum absolute atomic E-state index is 12.1. The summed E-state index contributed by atoms with van der Waals surface area (Å²) < 4.78 is 0.670. The molecule has 1 amide bonds. The number of nitrogens with one attached hydrogen (secondary N) is 1. The van der Waals surface area contributed by atoms with Crippen molar-refractivity contribution >= 4 is 33.5 Å². The van der Waals surface area contributed by atoms with E-state index in [2.05, 4.69) is 26.1 Å². The van der Waals surface area contributed by atoms with Gasteiger partial charge in [-0.3, -0.25) is 4.79 Å². The Kier molecular flexibility index (Phi) is 4.21. The minimum Gasteiger partial charge on any atom is -0.478 e. The first-order valence-electron chi connectivity index (χ1n) is 5.99. The summed E-state index contributed by atoms with van der Waals surface area (Å²) in [4.78, 5) is 25.3. The number of nitrogens with zero attached hydrogens (tertiary/aromatic N) is 1. The maximum Gasteiger partial charge on any atom is 0.337 e. The molecule has 1 heterocycles. The third-order valence-corrected chi connectivity index (χ3v) is 3.73. The molecule has 1 saturated heterocycles. The first-order chi connectivity index (χ1) is 8.97. The molecule has 1 fully saturated rings. The van der Waals surface area contributed by atoms with Crippen LogP contribution >= 0.6 is 15.9 Å². The van der Waals surface area contributed by atoms with Gasteiger partial charge in [0.05, 0.1) is 17.2 Å². The standard InChI is InChI=1S/C13H15BrN2O3/c1-16-5-4-8(7-16)12(17)15-11-3-2-9(14)6-10(11)13(18)19/h2-3,6,8H,4-5,7H2,1H3,(H,15,17)(H,18,19). The molecule has 1 aliphatic heterocycles. The lowest BCUT2D eigenvalue weighted by Gasteiger charge is -2.13. The number of carboxylic acid groups (broad SMARTS) is 1. The zero-order chi connectivity index (χ0) is 14.0. The highest BCUT2D eigenvalue weighted by Gasteiger charge is 2.26. The fraction of sp³-hybridized carbons (Fsp3) is 0.385. The highest BCUT2D eigenvalue weighted by Crippen LogP contribution is 2.23. The molecule has 1 atom stereocenters. The van der Waals surface area contributed by atoms with E-state index in [1.54, 1.807) is 12.1 Å². The van der Waals surface area contributed by atoms with Gasteiger partial charge in [0, 0.05) is 11.0 Å². The largest absolute Gasteiger partial charge is 0.478 e. The van der Waals surface area contributed by atoms with Gasteiger partial charge in [0.25, 0.3) is 0 Å². The van der Waals surface area contributed by atoms with Gasteiger partial charge < -0.3 is 15.3 Å². The number of amides is 1. The molecule has 6 heteroatoms. The second kappa shape index (κ2) is 5.71. The number of hydrogen-bond acceptors (Lipinski definition) is 3. The summed E-state index contributed by atoms with van der Waals surface area (Å²) in [5.41, 5.74) is 0.435. The lowest BCUT2D eigenvalue weighted by Crippen LogP contribution is -2.26. The molecule has 102 valence electrons. The number of anilines is 1. The molecule has 1 aromatic rings. The van der Waals surface area contributed by atoms with Crippen molar-refractivity contribution in [1.82, 2.24) is 4.90 Å². The quantitative estimate of drug-likeness (QED) is 0.891. The molecule has 0 radical (unpaired) electrons. The van der Waals surface area contributed by atoms with E-state index in [0.717, 1.165) is 13.0 Å². The van der Waals surface area contributed by atoms with Crippen LogP contribution < -0.4 is 5.32 Å². The van der Waals surface area contributed by atoms with Crippen molar-refractivity contribution in [2.24, 2.45) is 5.92 Å². The molecule has 2 N–H and O–H groups in total. The number of aromatic carboxylic acids is 1. The van der Waals surface area contributed by atoms with Crippen molar-refractivity contribution in [3.8, 4) is 0 Å². The van der Waals surface area contributed by atoms with Crippen LogP contribution in [0.5, 0.6) is 0 Å². The number of carbonyl (C=O) groups excluding carboxylic acids is 1. The number of likely N-dealkylation sites (tertiary alicyclic amines) is 1. The monoisotopic (exact) mass is 326 g/mol. The van der Waals surface area contributed by atoms with Gasteiger partial charge in [0.1, 0.15) is 0 Å². The van der Waals surface area contributed by atoms with Crippen molar-refractivity contribution in [3.05, 3.63) is 28.2 Å². The van der Waals surface area contributed by atoms with Gasteiger partial charge >= 0.3 is 5.97 Å². The van der Waals surface area contributed by atoms with Gasteiger partial charge in [-0.25, -0.2) is 4.79 Å². The highest BCUT2D eigenvalue weighted by atomic mass is 79.9. The van der Waals surface area contributed by atoms with Crippen molar-refractivity contribution < 1.29 is 14.7 Å². The lowest BCUT2D eigenvalue weighted by molar-refractivity contribution is -0.119. The Hall–Kier alpha value is -1.40. The van der Waals surface area contributed by atoms with Crippen LogP contribution in [0, 0.1) is 5.92 Å². The van der Waals surface area contributed by atoms with Crippen molar-refractivity contribution in [2.75, 3.05) is 25.5 Å². The van der Waals surface area contributed by atoms with Crippen molar-refractivity contribution in [1.29, 1.82) is 0 Å². The third kappa shape index (κ3) is 3.33. The van der Waals surface area contributed by atoms with E-state index in [1.165, 1.54) is 6.07 Å². The molecule has 1 unspecified atom stereocenters. The molecule has 0 bridgehead atoms. The summed E-state index contributed by atoms with van der Waals surface area (Å²) in [6.07, 6.45) is 0.807. The first kappa shape index (κ1) is 14.0. The summed E-state index contributed by atoms with van der Waals surface area (Å²) in [5.74, 6) is -1.25. The zero-order valence-electron chi connectivity index (χ0n) is 10.5. The van der Waals surface area contributed by atoms with E-state index in [9.17, 15) is 9.59 Å². The Balaban J connectivity index is 2.14. The van der Waals surface area contributed by atoms with Crippen LogP contribution in [0.4, 0.5) is 5.69 Å².